The Morgan fingerprint density at radius 3 is 2.65 bits per heavy atom. The summed E-state index contributed by atoms with van der Waals surface area (Å²) in [7, 11) is 0.967. The summed E-state index contributed by atoms with van der Waals surface area (Å²) in [6, 6.07) is 3.24. The van der Waals surface area contributed by atoms with Crippen LogP contribution in [0.1, 0.15) is 26.0 Å². The van der Waals surface area contributed by atoms with E-state index in [0.29, 0.717) is 5.88 Å². The maximum atomic E-state index is 6.03. The van der Waals surface area contributed by atoms with Crippen LogP contribution >= 0.6 is 15.9 Å². The van der Waals surface area contributed by atoms with E-state index in [1.54, 1.807) is 0 Å². The quantitative estimate of drug-likeness (QED) is 0.339. The Hall–Kier alpha value is -0.883. The van der Waals surface area contributed by atoms with E-state index in [4.69, 9.17) is 4.74 Å². The molecule has 0 N–H and O–H groups in total. The number of aromatic nitrogens is 1. The molecule has 0 saturated heterocycles. The van der Waals surface area contributed by atoms with Crippen molar-refractivity contribution in [3.63, 3.8) is 0 Å². The lowest BCUT2D eigenvalue weighted by atomic mass is 10.3. The maximum absolute atomic E-state index is 6.03. The molecule has 4 nitrogen and oxygen atoms in total. The van der Waals surface area contributed by atoms with Crippen LogP contribution in [0.3, 0.4) is 0 Å². The number of halogens is 1. The number of rotatable bonds is 8. The molecular weight excluding hydrogens is 370 g/mol. The van der Waals surface area contributed by atoms with Gasteiger partial charge in [-0.1, -0.05) is 25.7 Å². The fourth-order valence-corrected chi connectivity index (χ4v) is 3.56. The standard InChI is InChI=1S/C17H30BrN3OSi/c1-8-21(4)12-19-16-11-15(18)17(20-14(16)3)22-13(2)9-10-23(5,6)7/h11-13H,8-10H2,1-7H3. The van der Waals surface area contributed by atoms with E-state index in [1.165, 1.54) is 6.04 Å². The minimum absolute atomic E-state index is 0.172. The van der Waals surface area contributed by atoms with E-state index in [-0.39, 0.29) is 6.10 Å². The highest BCUT2D eigenvalue weighted by atomic mass is 79.9. The van der Waals surface area contributed by atoms with Gasteiger partial charge in [-0.2, -0.15) is 0 Å². The van der Waals surface area contributed by atoms with Crippen molar-refractivity contribution < 1.29 is 4.74 Å². The normalized spacial score (nSPS) is 13.4. The van der Waals surface area contributed by atoms with Crippen LogP contribution in [0, 0.1) is 6.92 Å². The summed E-state index contributed by atoms with van der Waals surface area (Å²) in [6.07, 6.45) is 3.07. The molecule has 23 heavy (non-hydrogen) atoms. The third-order valence-electron chi connectivity index (χ3n) is 3.61. The number of ether oxygens (including phenoxy) is 1. The van der Waals surface area contributed by atoms with Crippen LogP contribution in [-0.4, -0.2) is 44.0 Å². The molecule has 1 heterocycles. The first-order valence-electron chi connectivity index (χ1n) is 8.20. The molecule has 0 bridgehead atoms. The molecule has 1 aromatic rings. The number of aliphatic imine (C=N–C) groups is 1. The van der Waals surface area contributed by atoms with Crippen molar-refractivity contribution >= 4 is 36.0 Å². The van der Waals surface area contributed by atoms with E-state index in [9.17, 15) is 0 Å². The van der Waals surface area contributed by atoms with Crippen LogP contribution in [0.15, 0.2) is 15.5 Å². The zero-order valence-corrected chi connectivity index (χ0v) is 18.1. The zero-order chi connectivity index (χ0) is 17.6. The second kappa shape index (κ2) is 8.83. The fourth-order valence-electron chi connectivity index (χ4n) is 1.89. The van der Waals surface area contributed by atoms with Crippen LogP contribution in [0.4, 0.5) is 5.69 Å². The molecule has 0 saturated carbocycles. The predicted molar refractivity (Wildman–Crippen MR) is 106 cm³/mol. The van der Waals surface area contributed by atoms with Gasteiger partial charge < -0.3 is 9.64 Å². The van der Waals surface area contributed by atoms with Gasteiger partial charge in [-0.3, -0.25) is 0 Å². The molecule has 130 valence electrons. The Morgan fingerprint density at radius 2 is 2.09 bits per heavy atom. The van der Waals surface area contributed by atoms with E-state index in [0.717, 1.165) is 28.8 Å². The molecular formula is C17H30BrN3OSi. The molecule has 1 atom stereocenters. The SMILES string of the molecule is CCN(C)C=Nc1cc(Br)c(OC(C)CC[Si](C)(C)C)nc1C. The molecule has 6 heteroatoms. The Morgan fingerprint density at radius 1 is 1.43 bits per heavy atom. The average molecular weight is 400 g/mol. The van der Waals surface area contributed by atoms with Crippen molar-refractivity contribution in [3.05, 3.63) is 16.2 Å². The molecule has 1 rings (SSSR count). The molecule has 0 fully saturated rings. The summed E-state index contributed by atoms with van der Waals surface area (Å²) in [6.45, 7) is 14.3. The summed E-state index contributed by atoms with van der Waals surface area (Å²) in [4.78, 5) is 11.1. The predicted octanol–water partition coefficient (Wildman–Crippen LogP) is 5.26. The van der Waals surface area contributed by atoms with Crippen molar-refractivity contribution in [1.82, 2.24) is 9.88 Å². The van der Waals surface area contributed by atoms with Gasteiger partial charge in [0, 0.05) is 21.7 Å². The molecule has 0 spiro atoms. The molecule has 0 aliphatic rings. The summed E-state index contributed by atoms with van der Waals surface area (Å²) in [5, 5.41) is 0. The smallest absolute Gasteiger partial charge is 0.228 e. The van der Waals surface area contributed by atoms with Crippen molar-refractivity contribution in [2.24, 2.45) is 4.99 Å². The monoisotopic (exact) mass is 399 g/mol. The minimum Gasteiger partial charge on any atom is -0.474 e. The second-order valence-electron chi connectivity index (χ2n) is 7.23. The fraction of sp³-hybridized carbons (Fsp3) is 0.647. The zero-order valence-electron chi connectivity index (χ0n) is 15.5. The number of hydrogen-bond acceptors (Lipinski definition) is 3. The van der Waals surface area contributed by atoms with Gasteiger partial charge >= 0.3 is 0 Å². The second-order valence-corrected chi connectivity index (χ2v) is 13.7. The van der Waals surface area contributed by atoms with Crippen LogP contribution in [-0.2, 0) is 0 Å². The number of aryl methyl sites for hydroxylation is 1. The molecule has 0 radical (unpaired) electrons. The summed E-state index contributed by atoms with van der Waals surface area (Å²) < 4.78 is 6.88. The first kappa shape index (κ1) is 20.2. The van der Waals surface area contributed by atoms with Crippen LogP contribution in [0.2, 0.25) is 25.7 Å². The van der Waals surface area contributed by atoms with Crippen molar-refractivity contribution in [2.45, 2.75) is 59.0 Å². The lowest BCUT2D eigenvalue weighted by molar-refractivity contribution is 0.206. The molecule has 0 aliphatic carbocycles. The van der Waals surface area contributed by atoms with Crippen molar-refractivity contribution in [2.75, 3.05) is 13.6 Å². The van der Waals surface area contributed by atoms with E-state index >= 15 is 0 Å². The average Bonchev–Trinajstić information content (AvgIpc) is 2.46. The van der Waals surface area contributed by atoms with Gasteiger partial charge in [-0.15, -0.1) is 0 Å². The van der Waals surface area contributed by atoms with Gasteiger partial charge in [0.15, 0.2) is 0 Å². The Balaban J connectivity index is 2.78. The van der Waals surface area contributed by atoms with Crippen LogP contribution in [0.25, 0.3) is 0 Å². The Kier molecular flexibility index (Phi) is 7.74. The maximum Gasteiger partial charge on any atom is 0.228 e. The van der Waals surface area contributed by atoms with Gasteiger partial charge in [0.1, 0.15) is 0 Å². The lowest BCUT2D eigenvalue weighted by Crippen LogP contribution is -2.23. The summed E-state index contributed by atoms with van der Waals surface area (Å²) in [5.41, 5.74) is 1.74. The van der Waals surface area contributed by atoms with Gasteiger partial charge in [0.05, 0.1) is 28.3 Å². The highest BCUT2D eigenvalue weighted by molar-refractivity contribution is 9.10. The largest absolute Gasteiger partial charge is 0.474 e. The molecule has 0 aliphatic heterocycles. The summed E-state index contributed by atoms with van der Waals surface area (Å²) >= 11 is 3.56. The highest BCUT2D eigenvalue weighted by Gasteiger charge is 2.17. The van der Waals surface area contributed by atoms with E-state index in [1.807, 2.05) is 31.3 Å². The molecule has 0 amide bonds. The van der Waals surface area contributed by atoms with Crippen molar-refractivity contribution in [3.8, 4) is 5.88 Å². The topological polar surface area (TPSA) is 37.7 Å². The van der Waals surface area contributed by atoms with Gasteiger partial charge in [-0.25, -0.2) is 9.98 Å². The number of nitrogens with zero attached hydrogens (tertiary/aromatic N) is 3. The third-order valence-corrected chi connectivity index (χ3v) is 5.97. The van der Waals surface area contributed by atoms with Gasteiger partial charge in [-0.05, 0) is 49.2 Å². The Bertz CT molecular complexity index is 543. The number of pyridine rings is 1. The van der Waals surface area contributed by atoms with E-state index in [2.05, 4.69) is 59.4 Å². The van der Waals surface area contributed by atoms with E-state index < -0.39 is 8.07 Å². The number of hydrogen-bond donors (Lipinski definition) is 0. The van der Waals surface area contributed by atoms with Gasteiger partial charge in [0.25, 0.3) is 0 Å². The van der Waals surface area contributed by atoms with Crippen LogP contribution in [0.5, 0.6) is 5.88 Å². The minimum atomic E-state index is -1.03. The third kappa shape index (κ3) is 7.48. The first-order valence-corrected chi connectivity index (χ1v) is 12.7. The van der Waals surface area contributed by atoms with Gasteiger partial charge in [0.2, 0.25) is 5.88 Å². The molecule has 1 aromatic heterocycles. The highest BCUT2D eigenvalue weighted by Crippen LogP contribution is 2.30. The summed E-state index contributed by atoms with van der Waals surface area (Å²) in [5.74, 6) is 0.661. The lowest BCUT2D eigenvalue weighted by Gasteiger charge is -2.20. The molecule has 1 unspecified atom stereocenters. The van der Waals surface area contributed by atoms with Crippen LogP contribution < -0.4 is 4.74 Å². The van der Waals surface area contributed by atoms with Crippen molar-refractivity contribution in [1.29, 1.82) is 0 Å². The first-order chi connectivity index (χ1) is 10.6. The Labute approximate surface area is 150 Å². The molecule has 0 aromatic carbocycles.